The minimum Gasteiger partial charge on any atom is -0.330 e. The maximum atomic E-state index is 13.7. The molecule has 2 aromatic heterocycles. The molecule has 1 atom stereocenters. The maximum absolute atomic E-state index is 13.7. The first-order valence-corrected chi connectivity index (χ1v) is 9.98. The summed E-state index contributed by atoms with van der Waals surface area (Å²) in [4.78, 5) is 23.0. The predicted molar refractivity (Wildman–Crippen MR) is 121 cm³/mol. The van der Waals surface area contributed by atoms with Crippen LogP contribution in [-0.4, -0.2) is 20.3 Å². The minimum atomic E-state index is -1.02. The molecule has 0 saturated carbocycles. The Kier molecular flexibility index (Phi) is 4.53. The Morgan fingerprint density at radius 1 is 0.903 bits per heavy atom. The van der Waals surface area contributed by atoms with E-state index in [0.717, 1.165) is 22.0 Å². The van der Waals surface area contributed by atoms with Crippen molar-refractivity contribution in [1.29, 1.82) is 5.26 Å². The summed E-state index contributed by atoms with van der Waals surface area (Å²) in [7, 11) is 1.84. The summed E-state index contributed by atoms with van der Waals surface area (Å²) in [6, 6.07) is 28.8. The number of aryl methyl sites for hydroxylation is 1. The Balaban J connectivity index is 1.69. The van der Waals surface area contributed by atoms with Crippen LogP contribution >= 0.6 is 0 Å². The van der Waals surface area contributed by atoms with Crippen molar-refractivity contribution >= 4 is 27.7 Å². The van der Waals surface area contributed by atoms with Gasteiger partial charge in [0.1, 0.15) is 5.82 Å². The number of hydrogen-bond acceptors (Lipinski definition) is 4. The zero-order valence-electron chi connectivity index (χ0n) is 16.9. The molecule has 5 rings (SSSR count). The molecule has 0 aliphatic heterocycles. The third kappa shape index (κ3) is 3.15. The summed E-state index contributed by atoms with van der Waals surface area (Å²) in [5.74, 6) is -0.862. The van der Waals surface area contributed by atoms with Gasteiger partial charge in [-0.05, 0) is 24.3 Å². The SMILES string of the molecule is Cn1c(C(C#N)C(=O)c2cc(-c3ccccc3)nc3ccccc23)nc2ccccc21. The predicted octanol–water partition coefficient (Wildman–Crippen LogP) is 5.28. The quantitative estimate of drug-likeness (QED) is 0.384. The fourth-order valence-corrected chi connectivity index (χ4v) is 3.95. The second kappa shape index (κ2) is 7.51. The number of imidazole rings is 1. The van der Waals surface area contributed by atoms with E-state index in [0.29, 0.717) is 22.6 Å². The highest BCUT2D eigenvalue weighted by molar-refractivity contribution is 6.12. The fraction of sp³-hybridized carbons (Fsp3) is 0.0769. The van der Waals surface area contributed by atoms with E-state index >= 15 is 0 Å². The number of ketones is 1. The molecule has 3 aromatic carbocycles. The summed E-state index contributed by atoms with van der Waals surface area (Å²) < 4.78 is 1.82. The molecule has 0 aliphatic carbocycles. The number of Topliss-reactive ketones (excluding diaryl/α,β-unsaturated/α-hetero) is 1. The van der Waals surface area contributed by atoms with Crippen molar-refractivity contribution in [2.24, 2.45) is 7.05 Å². The van der Waals surface area contributed by atoms with E-state index in [9.17, 15) is 10.1 Å². The summed E-state index contributed by atoms with van der Waals surface area (Å²) in [5, 5.41) is 10.7. The number of para-hydroxylation sites is 3. The van der Waals surface area contributed by atoms with E-state index in [4.69, 9.17) is 4.98 Å². The number of rotatable bonds is 4. The first-order chi connectivity index (χ1) is 15.2. The van der Waals surface area contributed by atoms with Crippen LogP contribution in [0, 0.1) is 11.3 Å². The van der Waals surface area contributed by atoms with Gasteiger partial charge in [0.15, 0.2) is 11.7 Å². The molecule has 5 nitrogen and oxygen atoms in total. The number of benzene rings is 3. The maximum Gasteiger partial charge on any atom is 0.188 e. The standard InChI is InChI=1S/C26H18N4O/c1-30-24-14-8-7-13-22(24)29-26(30)20(16-27)25(31)19-15-23(17-9-3-2-4-10-17)28-21-12-6-5-11-18(19)21/h2-15,20H,1H3. The third-order valence-electron chi connectivity index (χ3n) is 5.52. The molecule has 0 amide bonds. The van der Waals surface area contributed by atoms with Gasteiger partial charge in [-0.25, -0.2) is 9.97 Å². The van der Waals surface area contributed by atoms with Crippen LogP contribution < -0.4 is 0 Å². The molecule has 0 radical (unpaired) electrons. The number of nitriles is 1. The van der Waals surface area contributed by atoms with Gasteiger partial charge in [0.2, 0.25) is 0 Å². The molecule has 0 saturated heterocycles. The molecule has 31 heavy (non-hydrogen) atoms. The van der Waals surface area contributed by atoms with Crippen LogP contribution in [0.15, 0.2) is 84.9 Å². The summed E-state index contributed by atoms with van der Waals surface area (Å²) in [5.41, 5.74) is 4.45. The van der Waals surface area contributed by atoms with Crippen LogP contribution in [0.1, 0.15) is 22.1 Å². The second-order valence-corrected chi connectivity index (χ2v) is 7.38. The molecular weight excluding hydrogens is 384 g/mol. The van der Waals surface area contributed by atoms with E-state index in [1.54, 1.807) is 6.07 Å². The van der Waals surface area contributed by atoms with E-state index in [-0.39, 0.29) is 5.78 Å². The van der Waals surface area contributed by atoms with Crippen LogP contribution in [0.25, 0.3) is 33.2 Å². The van der Waals surface area contributed by atoms with Crippen LogP contribution in [0.3, 0.4) is 0 Å². The lowest BCUT2D eigenvalue weighted by Gasteiger charge is -2.13. The Morgan fingerprint density at radius 2 is 1.58 bits per heavy atom. The molecule has 0 fully saturated rings. The number of carbonyl (C=O) groups is 1. The largest absolute Gasteiger partial charge is 0.330 e. The number of aromatic nitrogens is 3. The van der Waals surface area contributed by atoms with E-state index in [1.807, 2.05) is 90.5 Å². The lowest BCUT2D eigenvalue weighted by Crippen LogP contribution is -2.16. The second-order valence-electron chi connectivity index (χ2n) is 7.38. The van der Waals surface area contributed by atoms with E-state index < -0.39 is 5.92 Å². The lowest BCUT2D eigenvalue weighted by molar-refractivity contribution is 0.0977. The van der Waals surface area contributed by atoms with Crippen molar-refractivity contribution in [2.75, 3.05) is 0 Å². The molecule has 148 valence electrons. The monoisotopic (exact) mass is 402 g/mol. The number of carbonyl (C=O) groups excluding carboxylic acids is 1. The van der Waals surface area contributed by atoms with Gasteiger partial charge in [0.25, 0.3) is 0 Å². The van der Waals surface area contributed by atoms with Gasteiger partial charge in [0.05, 0.1) is 28.3 Å². The van der Waals surface area contributed by atoms with Crippen molar-refractivity contribution in [2.45, 2.75) is 5.92 Å². The molecule has 0 bridgehead atoms. The van der Waals surface area contributed by atoms with Gasteiger partial charge in [-0.15, -0.1) is 0 Å². The van der Waals surface area contributed by atoms with Crippen molar-refractivity contribution in [3.8, 4) is 17.3 Å². The topological polar surface area (TPSA) is 71.6 Å². The highest BCUT2D eigenvalue weighted by Crippen LogP contribution is 2.30. The summed E-state index contributed by atoms with van der Waals surface area (Å²) >= 11 is 0. The lowest BCUT2D eigenvalue weighted by atomic mass is 9.93. The Labute approximate surface area is 179 Å². The zero-order valence-corrected chi connectivity index (χ0v) is 16.9. The van der Waals surface area contributed by atoms with Gasteiger partial charge in [-0.2, -0.15) is 5.26 Å². The molecule has 2 heterocycles. The number of nitrogens with zero attached hydrogens (tertiary/aromatic N) is 4. The minimum absolute atomic E-state index is 0.281. The summed E-state index contributed by atoms with van der Waals surface area (Å²) in [6.45, 7) is 0. The zero-order chi connectivity index (χ0) is 21.4. The Morgan fingerprint density at radius 3 is 2.32 bits per heavy atom. The van der Waals surface area contributed by atoms with Crippen molar-refractivity contribution < 1.29 is 4.79 Å². The van der Waals surface area contributed by atoms with Crippen LogP contribution in [0.2, 0.25) is 0 Å². The van der Waals surface area contributed by atoms with Gasteiger partial charge < -0.3 is 4.57 Å². The first kappa shape index (κ1) is 18.7. The van der Waals surface area contributed by atoms with E-state index in [2.05, 4.69) is 11.1 Å². The molecule has 0 N–H and O–H groups in total. The summed E-state index contributed by atoms with van der Waals surface area (Å²) in [6.07, 6.45) is 0. The highest BCUT2D eigenvalue weighted by Gasteiger charge is 2.28. The molecule has 0 aliphatic rings. The Bertz CT molecular complexity index is 1480. The number of fused-ring (bicyclic) bond motifs is 2. The van der Waals surface area contributed by atoms with Gasteiger partial charge >= 0.3 is 0 Å². The smallest absolute Gasteiger partial charge is 0.188 e. The number of pyridine rings is 1. The van der Waals surface area contributed by atoms with Crippen molar-refractivity contribution in [1.82, 2.24) is 14.5 Å². The average molecular weight is 402 g/mol. The van der Waals surface area contributed by atoms with Crippen LogP contribution in [0.4, 0.5) is 0 Å². The van der Waals surface area contributed by atoms with Crippen molar-refractivity contribution in [3.05, 3.63) is 96.3 Å². The third-order valence-corrected chi connectivity index (χ3v) is 5.52. The van der Waals surface area contributed by atoms with Gasteiger partial charge in [-0.1, -0.05) is 60.7 Å². The number of hydrogen-bond donors (Lipinski definition) is 0. The molecular formula is C26H18N4O. The Hall–Kier alpha value is -4.30. The van der Waals surface area contributed by atoms with E-state index in [1.165, 1.54) is 0 Å². The molecule has 5 aromatic rings. The first-order valence-electron chi connectivity index (χ1n) is 9.98. The highest BCUT2D eigenvalue weighted by atomic mass is 16.1. The normalized spacial score (nSPS) is 12.0. The van der Waals surface area contributed by atoms with Crippen LogP contribution in [0.5, 0.6) is 0 Å². The molecule has 5 heteroatoms. The fourth-order valence-electron chi connectivity index (χ4n) is 3.95. The van der Waals surface area contributed by atoms with Crippen LogP contribution in [-0.2, 0) is 7.05 Å². The van der Waals surface area contributed by atoms with Gasteiger partial charge in [0, 0.05) is 23.6 Å². The van der Waals surface area contributed by atoms with Crippen molar-refractivity contribution in [3.63, 3.8) is 0 Å². The molecule has 0 spiro atoms. The molecule has 1 unspecified atom stereocenters. The van der Waals surface area contributed by atoms with Gasteiger partial charge in [-0.3, -0.25) is 4.79 Å². The average Bonchev–Trinajstić information content (AvgIpc) is 3.15.